The number of pyridine rings is 1. The van der Waals surface area contributed by atoms with Gasteiger partial charge in [0.05, 0.1) is 11.8 Å². The summed E-state index contributed by atoms with van der Waals surface area (Å²) in [4.78, 5) is 38.1. The standard InChI is InChI=1S/C19H19N5O2/c1-11-15(9-16-17(23-11)22-10-21-16)13-4-3-5-14(8-13)19(26)24-7-6-20-18(25)12(24)2/h3-5,8-10,12H,6-7H2,1-2H3,(H,20,25)(H,21,22,23)/t12-/m0/s1. The van der Waals surface area contributed by atoms with Gasteiger partial charge in [0.15, 0.2) is 5.65 Å². The number of aromatic amines is 1. The average molecular weight is 349 g/mol. The molecule has 1 atom stereocenters. The van der Waals surface area contributed by atoms with Crippen LogP contribution in [0.25, 0.3) is 22.3 Å². The zero-order chi connectivity index (χ0) is 18.3. The number of nitrogens with zero attached hydrogens (tertiary/aromatic N) is 3. The maximum absolute atomic E-state index is 12.9. The molecule has 0 unspecified atom stereocenters. The number of fused-ring (bicyclic) bond motifs is 1. The maximum atomic E-state index is 12.9. The van der Waals surface area contributed by atoms with Gasteiger partial charge in [0.25, 0.3) is 5.91 Å². The van der Waals surface area contributed by atoms with Gasteiger partial charge in [-0.05, 0) is 37.6 Å². The third kappa shape index (κ3) is 2.71. The van der Waals surface area contributed by atoms with Crippen molar-refractivity contribution < 1.29 is 9.59 Å². The minimum atomic E-state index is -0.468. The number of aromatic nitrogens is 3. The highest BCUT2D eigenvalue weighted by Gasteiger charge is 2.29. The fraction of sp³-hybridized carbons (Fsp3) is 0.263. The highest BCUT2D eigenvalue weighted by molar-refractivity contribution is 5.99. The molecule has 2 amide bonds. The van der Waals surface area contributed by atoms with Crippen molar-refractivity contribution in [3.05, 3.63) is 47.9 Å². The molecular weight excluding hydrogens is 330 g/mol. The van der Waals surface area contributed by atoms with Gasteiger partial charge in [0, 0.05) is 29.9 Å². The van der Waals surface area contributed by atoms with E-state index < -0.39 is 6.04 Å². The summed E-state index contributed by atoms with van der Waals surface area (Å²) in [6.45, 7) is 4.66. The summed E-state index contributed by atoms with van der Waals surface area (Å²) in [6.07, 6.45) is 1.61. The van der Waals surface area contributed by atoms with Crippen molar-refractivity contribution in [3.8, 4) is 11.1 Å². The van der Waals surface area contributed by atoms with Crippen molar-refractivity contribution in [1.29, 1.82) is 0 Å². The van der Waals surface area contributed by atoms with Crippen LogP contribution in [0.2, 0.25) is 0 Å². The Morgan fingerprint density at radius 2 is 2.15 bits per heavy atom. The van der Waals surface area contributed by atoms with Gasteiger partial charge in [-0.25, -0.2) is 9.97 Å². The SMILES string of the molecule is Cc1nc2nc[nH]c2cc1-c1cccc(C(=O)N2CCNC(=O)[C@@H]2C)c1. The number of piperazine rings is 1. The lowest BCUT2D eigenvalue weighted by molar-refractivity contribution is -0.127. The van der Waals surface area contributed by atoms with Gasteiger partial charge in [-0.1, -0.05) is 12.1 Å². The molecule has 0 spiro atoms. The number of imidazole rings is 1. The molecule has 26 heavy (non-hydrogen) atoms. The van der Waals surface area contributed by atoms with Crippen LogP contribution < -0.4 is 5.32 Å². The molecule has 7 nitrogen and oxygen atoms in total. The molecule has 132 valence electrons. The predicted octanol–water partition coefficient (Wildman–Crippen LogP) is 1.89. The van der Waals surface area contributed by atoms with Gasteiger partial charge in [0.1, 0.15) is 6.04 Å². The Hall–Kier alpha value is -3.22. The summed E-state index contributed by atoms with van der Waals surface area (Å²) in [5.74, 6) is -0.257. The predicted molar refractivity (Wildman–Crippen MR) is 97.6 cm³/mol. The third-order valence-electron chi connectivity index (χ3n) is 4.78. The van der Waals surface area contributed by atoms with Crippen LogP contribution in [0.15, 0.2) is 36.7 Å². The molecule has 7 heteroatoms. The summed E-state index contributed by atoms with van der Waals surface area (Å²) in [5.41, 5.74) is 4.79. The number of hydrogen-bond donors (Lipinski definition) is 2. The van der Waals surface area contributed by atoms with E-state index in [1.807, 2.05) is 31.2 Å². The van der Waals surface area contributed by atoms with Crippen LogP contribution in [0.4, 0.5) is 0 Å². The van der Waals surface area contributed by atoms with Crippen molar-refractivity contribution in [3.63, 3.8) is 0 Å². The first-order chi connectivity index (χ1) is 12.5. The van der Waals surface area contributed by atoms with Crippen molar-refractivity contribution >= 4 is 23.0 Å². The number of carbonyl (C=O) groups excluding carboxylic acids is 2. The van der Waals surface area contributed by atoms with Crippen LogP contribution in [-0.4, -0.2) is 50.8 Å². The molecule has 2 N–H and O–H groups in total. The zero-order valence-corrected chi connectivity index (χ0v) is 14.6. The second kappa shape index (κ2) is 6.25. The van der Waals surface area contributed by atoms with E-state index in [9.17, 15) is 9.59 Å². The molecule has 0 saturated carbocycles. The smallest absolute Gasteiger partial charge is 0.254 e. The molecule has 3 aromatic rings. The molecule has 0 aliphatic carbocycles. The number of aryl methyl sites for hydroxylation is 1. The van der Waals surface area contributed by atoms with Crippen LogP contribution in [0.5, 0.6) is 0 Å². The molecule has 0 bridgehead atoms. The average Bonchev–Trinajstić information content (AvgIpc) is 3.10. The summed E-state index contributed by atoms with van der Waals surface area (Å²) >= 11 is 0. The van der Waals surface area contributed by atoms with Gasteiger partial charge in [-0.15, -0.1) is 0 Å². The normalized spacial score (nSPS) is 17.4. The van der Waals surface area contributed by atoms with Crippen LogP contribution >= 0.6 is 0 Å². The Balaban J connectivity index is 1.71. The molecule has 3 heterocycles. The van der Waals surface area contributed by atoms with Crippen molar-refractivity contribution in [2.24, 2.45) is 0 Å². The molecule has 1 aromatic carbocycles. The van der Waals surface area contributed by atoms with Gasteiger partial charge in [-0.3, -0.25) is 9.59 Å². The van der Waals surface area contributed by atoms with Crippen molar-refractivity contribution in [2.45, 2.75) is 19.9 Å². The van der Waals surface area contributed by atoms with E-state index >= 15 is 0 Å². The molecule has 1 aliphatic heterocycles. The van der Waals surface area contributed by atoms with Crippen LogP contribution in [0, 0.1) is 6.92 Å². The van der Waals surface area contributed by atoms with Crippen LogP contribution in [0.3, 0.4) is 0 Å². The largest absolute Gasteiger partial charge is 0.353 e. The quantitative estimate of drug-likeness (QED) is 0.739. The molecule has 2 aromatic heterocycles. The Bertz CT molecular complexity index is 1010. The Labute approximate surface area is 150 Å². The number of rotatable bonds is 2. The number of carbonyl (C=O) groups is 2. The number of hydrogen-bond acceptors (Lipinski definition) is 4. The van der Waals surface area contributed by atoms with Crippen molar-refractivity contribution in [1.82, 2.24) is 25.2 Å². The highest BCUT2D eigenvalue weighted by Crippen LogP contribution is 2.26. The minimum absolute atomic E-state index is 0.120. The summed E-state index contributed by atoms with van der Waals surface area (Å²) in [6, 6.07) is 8.97. The lowest BCUT2D eigenvalue weighted by atomic mass is 10.0. The maximum Gasteiger partial charge on any atom is 0.254 e. The van der Waals surface area contributed by atoms with E-state index in [0.29, 0.717) is 24.3 Å². The number of nitrogens with one attached hydrogen (secondary N) is 2. The Kier molecular flexibility index (Phi) is 3.91. The van der Waals surface area contributed by atoms with E-state index in [2.05, 4.69) is 20.3 Å². The van der Waals surface area contributed by atoms with Gasteiger partial charge in [-0.2, -0.15) is 0 Å². The van der Waals surface area contributed by atoms with Gasteiger partial charge >= 0.3 is 0 Å². The van der Waals surface area contributed by atoms with E-state index in [0.717, 1.165) is 22.3 Å². The van der Waals surface area contributed by atoms with E-state index in [4.69, 9.17) is 0 Å². The first kappa shape index (κ1) is 16.3. The second-order valence-corrected chi connectivity index (χ2v) is 6.44. The molecule has 1 aliphatic rings. The topological polar surface area (TPSA) is 91.0 Å². The lowest BCUT2D eigenvalue weighted by Crippen LogP contribution is -2.55. The third-order valence-corrected chi connectivity index (χ3v) is 4.78. The fourth-order valence-corrected chi connectivity index (χ4v) is 3.30. The summed E-state index contributed by atoms with van der Waals surface area (Å²) in [7, 11) is 0. The number of amides is 2. The number of H-pyrrole nitrogens is 1. The molecule has 1 saturated heterocycles. The van der Waals surface area contributed by atoms with Gasteiger partial charge < -0.3 is 15.2 Å². The van der Waals surface area contributed by atoms with Crippen LogP contribution in [-0.2, 0) is 4.79 Å². The molecular formula is C19H19N5O2. The monoisotopic (exact) mass is 349 g/mol. The minimum Gasteiger partial charge on any atom is -0.353 e. The lowest BCUT2D eigenvalue weighted by Gasteiger charge is -2.33. The zero-order valence-electron chi connectivity index (χ0n) is 14.6. The Morgan fingerprint density at radius 3 is 3.00 bits per heavy atom. The second-order valence-electron chi connectivity index (χ2n) is 6.44. The fourth-order valence-electron chi connectivity index (χ4n) is 3.30. The highest BCUT2D eigenvalue weighted by atomic mass is 16.2. The van der Waals surface area contributed by atoms with Crippen LogP contribution in [0.1, 0.15) is 23.0 Å². The summed E-state index contributed by atoms with van der Waals surface area (Å²) < 4.78 is 0. The van der Waals surface area contributed by atoms with Gasteiger partial charge in [0.2, 0.25) is 5.91 Å². The van der Waals surface area contributed by atoms with E-state index in [1.54, 1.807) is 24.2 Å². The molecule has 1 fully saturated rings. The first-order valence-corrected chi connectivity index (χ1v) is 8.54. The number of benzene rings is 1. The van der Waals surface area contributed by atoms with E-state index in [-0.39, 0.29) is 11.8 Å². The van der Waals surface area contributed by atoms with E-state index in [1.165, 1.54) is 0 Å². The first-order valence-electron chi connectivity index (χ1n) is 8.54. The Morgan fingerprint density at radius 1 is 1.31 bits per heavy atom. The van der Waals surface area contributed by atoms with Crippen molar-refractivity contribution in [2.75, 3.05) is 13.1 Å². The molecule has 4 rings (SSSR count). The molecule has 0 radical (unpaired) electrons. The summed E-state index contributed by atoms with van der Waals surface area (Å²) in [5, 5.41) is 2.78.